The summed E-state index contributed by atoms with van der Waals surface area (Å²) in [7, 11) is 3.84. The van der Waals surface area contributed by atoms with Gasteiger partial charge in [0.2, 0.25) is 0 Å². The van der Waals surface area contributed by atoms with Gasteiger partial charge in [0, 0.05) is 24.4 Å². The van der Waals surface area contributed by atoms with Gasteiger partial charge >= 0.3 is 18.2 Å². The van der Waals surface area contributed by atoms with Crippen molar-refractivity contribution in [2.45, 2.75) is 135 Å². The summed E-state index contributed by atoms with van der Waals surface area (Å²) in [6.07, 6.45) is 1.23. The molecular formula is C46H69N3O11. The van der Waals surface area contributed by atoms with E-state index in [1.54, 1.807) is 13.8 Å². The fourth-order valence-electron chi connectivity index (χ4n) is 9.68. The third-order valence-corrected chi connectivity index (χ3v) is 12.9. The number of esters is 1. The first kappa shape index (κ1) is 47.3. The zero-order valence-corrected chi connectivity index (χ0v) is 37.2. The van der Waals surface area contributed by atoms with Crippen LogP contribution in [-0.2, 0) is 38.0 Å². The number of aliphatic hydroxyl groups is 1. The molecule has 5 rings (SSSR count). The third kappa shape index (κ3) is 11.0. The lowest BCUT2D eigenvalue weighted by Crippen LogP contribution is -2.60. The van der Waals surface area contributed by atoms with E-state index in [4.69, 9.17) is 33.2 Å². The number of cyclic esters (lactones) is 1. The highest BCUT2D eigenvalue weighted by Crippen LogP contribution is 2.44. The Labute approximate surface area is 356 Å². The Balaban J connectivity index is 1.55. The molecule has 1 aromatic rings. The Morgan fingerprint density at radius 2 is 1.80 bits per heavy atom. The number of hydrogen-bond acceptors (Lipinski definition) is 12. The van der Waals surface area contributed by atoms with Crippen molar-refractivity contribution >= 4 is 24.2 Å². The number of hydrogen-bond donors (Lipinski definition) is 3. The van der Waals surface area contributed by atoms with Crippen molar-refractivity contribution in [3.05, 3.63) is 65.8 Å². The van der Waals surface area contributed by atoms with Gasteiger partial charge in [-0.05, 0) is 84.2 Å². The van der Waals surface area contributed by atoms with Crippen molar-refractivity contribution in [1.29, 1.82) is 0 Å². The van der Waals surface area contributed by atoms with Gasteiger partial charge in [-0.1, -0.05) is 82.3 Å². The molecule has 0 saturated carbocycles. The minimum atomic E-state index is -1.25. The standard InChI is InChI=1S/C46H69N3O11/c1-12-36-46(9)39(48-44(53)60-46)30(5)34(20-22-54-43(52)47-21-16-19-33-17-14-13-15-18-33)28(3)24-45(8)40(59-42-37(50)35(49(10)11)23-29(4)57-42)31(6)38(32(7)41(51)58-36)55-25-27(2)26-56-45/h13-20,28-32,35-40,42,50H,2,12,21-26H2,1,3-11H3,(H,47,52)(H,48,53)/b19-16+,34-20+/t28-,29-,30+,31+,32-,35+,36-,37-,38?,39?,40-,42?,45-,46-/m1/s1. The molecule has 0 radical (unpaired) electrons. The number of nitrogens with zero attached hydrogens (tertiary/aromatic N) is 1. The van der Waals surface area contributed by atoms with Crippen molar-refractivity contribution in [3.63, 3.8) is 0 Å². The van der Waals surface area contributed by atoms with E-state index in [1.807, 2.05) is 102 Å². The minimum Gasteiger partial charge on any atom is -0.458 e. The molecule has 4 aliphatic rings. The maximum absolute atomic E-state index is 14.3. The van der Waals surface area contributed by atoms with E-state index in [1.165, 1.54) is 0 Å². The van der Waals surface area contributed by atoms with E-state index in [9.17, 15) is 19.5 Å². The highest BCUT2D eigenvalue weighted by Gasteiger charge is 2.57. The number of carbonyl (C=O) groups is 3. The second-order valence-electron chi connectivity index (χ2n) is 17.8. The predicted molar refractivity (Wildman–Crippen MR) is 227 cm³/mol. The van der Waals surface area contributed by atoms with Crippen LogP contribution in [0.3, 0.4) is 0 Å². The maximum atomic E-state index is 14.3. The molecule has 4 aliphatic heterocycles. The summed E-state index contributed by atoms with van der Waals surface area (Å²) in [5, 5.41) is 17.5. The summed E-state index contributed by atoms with van der Waals surface area (Å²) >= 11 is 0. The molecule has 0 aromatic heterocycles. The van der Waals surface area contributed by atoms with Gasteiger partial charge in [0.15, 0.2) is 11.9 Å². The smallest absolute Gasteiger partial charge is 0.408 e. The van der Waals surface area contributed by atoms with Gasteiger partial charge < -0.3 is 53.8 Å². The van der Waals surface area contributed by atoms with Crippen LogP contribution in [-0.4, -0.2) is 129 Å². The Hall–Kier alpha value is -3.79. The lowest BCUT2D eigenvalue weighted by Gasteiger charge is -2.49. The van der Waals surface area contributed by atoms with Crippen LogP contribution in [0.2, 0.25) is 0 Å². The van der Waals surface area contributed by atoms with Gasteiger partial charge in [-0.3, -0.25) is 4.79 Å². The highest BCUT2D eigenvalue weighted by atomic mass is 16.7. The topological polar surface area (TPSA) is 163 Å². The van der Waals surface area contributed by atoms with Gasteiger partial charge in [-0.2, -0.15) is 0 Å². The van der Waals surface area contributed by atoms with Crippen LogP contribution >= 0.6 is 0 Å². The second-order valence-corrected chi connectivity index (χ2v) is 17.8. The second kappa shape index (κ2) is 20.4. The summed E-state index contributed by atoms with van der Waals surface area (Å²) in [4.78, 5) is 42.4. The van der Waals surface area contributed by atoms with Crippen molar-refractivity contribution in [2.24, 2.45) is 23.7 Å². The molecular weight excluding hydrogens is 771 g/mol. The molecule has 0 spiro atoms. The van der Waals surface area contributed by atoms with E-state index >= 15 is 0 Å². The summed E-state index contributed by atoms with van der Waals surface area (Å²) in [5.41, 5.74) is 0.208. The van der Waals surface area contributed by atoms with E-state index in [2.05, 4.69) is 24.1 Å². The van der Waals surface area contributed by atoms with Crippen LogP contribution in [0.5, 0.6) is 0 Å². The van der Waals surface area contributed by atoms with Crippen molar-refractivity contribution in [3.8, 4) is 0 Å². The van der Waals surface area contributed by atoms with E-state index in [0.29, 0.717) is 24.8 Å². The van der Waals surface area contributed by atoms with E-state index in [-0.39, 0.29) is 44.4 Å². The quantitative estimate of drug-likeness (QED) is 0.151. The molecule has 2 amide bonds. The van der Waals surface area contributed by atoms with Gasteiger partial charge in [-0.25, -0.2) is 9.59 Å². The maximum Gasteiger partial charge on any atom is 0.408 e. The first-order chi connectivity index (χ1) is 28.4. The average Bonchev–Trinajstić information content (AvgIpc) is 3.53. The van der Waals surface area contributed by atoms with Crippen LogP contribution in [0.1, 0.15) is 80.2 Å². The summed E-state index contributed by atoms with van der Waals surface area (Å²) in [6.45, 7) is 20.1. The Kier molecular flexibility index (Phi) is 16.1. The van der Waals surface area contributed by atoms with Gasteiger partial charge in [0.25, 0.3) is 0 Å². The molecule has 1 aromatic carbocycles. The number of amides is 2. The largest absolute Gasteiger partial charge is 0.458 e. The lowest BCUT2D eigenvalue weighted by molar-refractivity contribution is -0.302. The molecule has 14 atom stereocenters. The van der Waals surface area contributed by atoms with Crippen molar-refractivity contribution < 1.29 is 52.6 Å². The first-order valence-electron chi connectivity index (χ1n) is 21.5. The Bertz CT molecular complexity index is 1700. The first-order valence-corrected chi connectivity index (χ1v) is 21.5. The highest BCUT2D eigenvalue weighted by molar-refractivity contribution is 5.74. The molecule has 4 saturated heterocycles. The van der Waals surface area contributed by atoms with Crippen molar-refractivity contribution in [1.82, 2.24) is 15.5 Å². The number of alkyl carbamates (subject to hydrolysis) is 2. The molecule has 14 nitrogen and oxygen atoms in total. The normalized spacial score (nSPS) is 38.9. The number of benzene rings is 1. The average molecular weight is 840 g/mol. The summed E-state index contributed by atoms with van der Waals surface area (Å²) in [6, 6.07) is 8.91. The molecule has 14 heteroatoms. The monoisotopic (exact) mass is 839 g/mol. The number of nitrogens with one attached hydrogen (secondary N) is 2. The zero-order valence-electron chi connectivity index (χ0n) is 37.2. The Morgan fingerprint density at radius 3 is 2.48 bits per heavy atom. The summed E-state index contributed by atoms with van der Waals surface area (Å²) in [5.74, 6) is -2.49. The van der Waals surface area contributed by atoms with Crippen LogP contribution in [0.15, 0.2) is 60.2 Å². The van der Waals surface area contributed by atoms with E-state index < -0.39 is 83.9 Å². The summed E-state index contributed by atoms with van der Waals surface area (Å²) < 4.78 is 44.8. The molecule has 3 N–H and O–H groups in total. The molecule has 4 heterocycles. The van der Waals surface area contributed by atoms with Crippen LogP contribution < -0.4 is 10.6 Å². The molecule has 2 bridgehead atoms. The number of fused-ring (bicyclic) bond motifs is 4. The number of aliphatic hydroxyl groups excluding tert-OH is 1. The Morgan fingerprint density at radius 1 is 1.08 bits per heavy atom. The number of ether oxygens (including phenoxy) is 7. The molecule has 0 aliphatic carbocycles. The lowest BCUT2D eigenvalue weighted by atomic mass is 9.71. The molecule has 4 fully saturated rings. The van der Waals surface area contributed by atoms with Gasteiger partial charge in [0.05, 0.1) is 49.1 Å². The van der Waals surface area contributed by atoms with Crippen LogP contribution in [0.25, 0.3) is 6.08 Å². The van der Waals surface area contributed by atoms with Crippen LogP contribution in [0.4, 0.5) is 9.59 Å². The number of carbonyl (C=O) groups excluding carboxylic acids is 3. The fourth-order valence-corrected chi connectivity index (χ4v) is 9.68. The SMILES string of the molecule is C=C1COC2[C@@H](C)C(=O)O[C@H](CC)[C@@]3(C)OC(=O)NC3[C@@H](C)/C(=C/COC(=O)NC/C=C/c3ccccc3)[C@H](C)C[C@@](C)(OC1)[C@H](OC1O[C@H](C)C[C@H](N(C)C)[C@H]1O)[C@H]2C. The number of rotatable bonds is 9. The van der Waals surface area contributed by atoms with E-state index in [0.717, 1.165) is 11.1 Å². The third-order valence-electron chi connectivity index (χ3n) is 12.9. The zero-order chi connectivity index (χ0) is 43.9. The molecule has 3 unspecified atom stereocenters. The van der Waals surface area contributed by atoms with Gasteiger partial charge in [-0.15, -0.1) is 0 Å². The predicted octanol–water partition coefficient (Wildman–Crippen LogP) is 6.03. The minimum absolute atomic E-state index is 0.0628. The molecule has 334 valence electrons. The van der Waals surface area contributed by atoms with Crippen LogP contribution in [0, 0.1) is 23.7 Å². The molecule has 60 heavy (non-hydrogen) atoms. The fraction of sp³-hybridized carbons (Fsp3) is 0.674. The van der Waals surface area contributed by atoms with Gasteiger partial charge in [0.1, 0.15) is 18.8 Å². The van der Waals surface area contributed by atoms with Crippen molar-refractivity contribution in [2.75, 3.05) is 40.5 Å². The number of likely N-dealkylation sites (N-methyl/N-ethyl adjacent to an activating group) is 1.